The van der Waals surface area contributed by atoms with E-state index >= 15 is 0 Å². The maximum absolute atomic E-state index is 3.61. The Morgan fingerprint density at radius 2 is 2.00 bits per heavy atom. The van der Waals surface area contributed by atoms with Gasteiger partial charge in [0.2, 0.25) is 0 Å². The molecule has 1 heterocycles. The van der Waals surface area contributed by atoms with Crippen molar-refractivity contribution in [3.05, 3.63) is 29.3 Å². The Morgan fingerprint density at radius 3 is 2.61 bits per heavy atom. The van der Waals surface area contributed by atoms with E-state index in [0.29, 0.717) is 6.04 Å². The van der Waals surface area contributed by atoms with Gasteiger partial charge in [-0.05, 0) is 32.0 Å². The summed E-state index contributed by atoms with van der Waals surface area (Å²) in [6, 6.07) is 7.08. The van der Waals surface area contributed by atoms with Crippen molar-refractivity contribution in [2.24, 2.45) is 0 Å². The second-order valence-corrected chi connectivity index (χ2v) is 5.53. The lowest BCUT2D eigenvalue weighted by atomic mass is 10.1. The fourth-order valence-electron chi connectivity index (χ4n) is 2.94. The molecule has 0 saturated carbocycles. The van der Waals surface area contributed by atoms with Crippen molar-refractivity contribution >= 4 is 5.69 Å². The summed E-state index contributed by atoms with van der Waals surface area (Å²) < 4.78 is 0. The van der Waals surface area contributed by atoms with Crippen LogP contribution in [0.2, 0.25) is 0 Å². The van der Waals surface area contributed by atoms with Crippen LogP contribution in [-0.4, -0.2) is 51.2 Å². The second kappa shape index (κ2) is 5.72. The van der Waals surface area contributed by atoms with Crippen molar-refractivity contribution in [3.63, 3.8) is 0 Å². The van der Waals surface area contributed by atoms with E-state index in [1.807, 2.05) is 0 Å². The smallest absolute Gasteiger partial charge is 0.0423 e. The van der Waals surface area contributed by atoms with Gasteiger partial charge in [0.1, 0.15) is 0 Å². The van der Waals surface area contributed by atoms with Crippen LogP contribution in [0.1, 0.15) is 11.1 Å². The summed E-state index contributed by atoms with van der Waals surface area (Å²) in [6.45, 7) is 8.84. The van der Waals surface area contributed by atoms with E-state index in [-0.39, 0.29) is 0 Å². The van der Waals surface area contributed by atoms with Crippen LogP contribution in [0.25, 0.3) is 0 Å². The van der Waals surface area contributed by atoms with Crippen molar-refractivity contribution in [3.8, 4) is 0 Å². The number of anilines is 1. The number of nitrogens with zero attached hydrogens (tertiary/aromatic N) is 2. The van der Waals surface area contributed by atoms with Gasteiger partial charge in [0.25, 0.3) is 0 Å². The molecular weight excluding hydrogens is 222 g/mol. The summed E-state index contributed by atoms with van der Waals surface area (Å²) in [5.41, 5.74) is 4.11. The van der Waals surface area contributed by atoms with Crippen LogP contribution in [0, 0.1) is 13.8 Å². The summed E-state index contributed by atoms with van der Waals surface area (Å²) in [6.07, 6.45) is 0. The number of nitrogens with one attached hydrogen (secondary N) is 1. The van der Waals surface area contributed by atoms with Crippen LogP contribution in [0.5, 0.6) is 0 Å². The third-order valence-corrected chi connectivity index (χ3v) is 3.77. The van der Waals surface area contributed by atoms with Gasteiger partial charge in [0.15, 0.2) is 0 Å². The van der Waals surface area contributed by atoms with Gasteiger partial charge < -0.3 is 15.1 Å². The molecule has 1 aromatic rings. The van der Waals surface area contributed by atoms with E-state index in [9.17, 15) is 0 Å². The zero-order valence-electron chi connectivity index (χ0n) is 12.0. The van der Waals surface area contributed by atoms with Gasteiger partial charge in [-0.3, -0.25) is 0 Å². The maximum Gasteiger partial charge on any atom is 0.0423 e. The summed E-state index contributed by atoms with van der Waals surface area (Å²) in [4.78, 5) is 4.79. The summed E-state index contributed by atoms with van der Waals surface area (Å²) >= 11 is 0. The van der Waals surface area contributed by atoms with Gasteiger partial charge in [0.05, 0.1) is 0 Å². The van der Waals surface area contributed by atoms with E-state index in [1.54, 1.807) is 0 Å². The second-order valence-electron chi connectivity index (χ2n) is 5.53. The molecule has 1 fully saturated rings. The minimum atomic E-state index is 0.563. The van der Waals surface area contributed by atoms with Gasteiger partial charge >= 0.3 is 0 Å². The topological polar surface area (TPSA) is 18.5 Å². The number of rotatable bonds is 3. The number of benzene rings is 1. The molecule has 0 spiro atoms. The van der Waals surface area contributed by atoms with E-state index in [2.05, 4.69) is 61.3 Å². The van der Waals surface area contributed by atoms with Crippen LogP contribution in [0.4, 0.5) is 5.69 Å². The molecule has 2 rings (SSSR count). The first kappa shape index (κ1) is 13.4. The lowest BCUT2D eigenvalue weighted by Gasteiger charge is -2.35. The number of para-hydroxylation sites is 1. The highest BCUT2D eigenvalue weighted by Crippen LogP contribution is 2.23. The number of aryl methyl sites for hydroxylation is 2. The zero-order valence-corrected chi connectivity index (χ0v) is 12.0. The molecule has 0 radical (unpaired) electrons. The fourth-order valence-corrected chi connectivity index (χ4v) is 2.94. The van der Waals surface area contributed by atoms with Crippen LogP contribution >= 0.6 is 0 Å². The van der Waals surface area contributed by atoms with Crippen LogP contribution in [0.3, 0.4) is 0 Å². The van der Waals surface area contributed by atoms with Gasteiger partial charge in [-0.2, -0.15) is 0 Å². The Bertz CT molecular complexity index is 382. The van der Waals surface area contributed by atoms with Crippen molar-refractivity contribution in [2.45, 2.75) is 19.9 Å². The van der Waals surface area contributed by atoms with Crippen molar-refractivity contribution in [1.29, 1.82) is 0 Å². The first-order chi connectivity index (χ1) is 8.58. The average Bonchev–Trinajstić information content (AvgIpc) is 2.28. The summed E-state index contributed by atoms with van der Waals surface area (Å²) in [7, 11) is 4.40. The molecule has 3 nitrogen and oxygen atoms in total. The first-order valence-electron chi connectivity index (χ1n) is 6.77. The maximum atomic E-state index is 3.61. The lowest BCUT2D eigenvalue weighted by molar-refractivity contribution is 0.241. The Morgan fingerprint density at radius 1 is 1.33 bits per heavy atom. The molecule has 0 bridgehead atoms. The van der Waals surface area contributed by atoms with Crippen molar-refractivity contribution in [1.82, 2.24) is 10.2 Å². The highest BCUT2D eigenvalue weighted by Gasteiger charge is 2.19. The van der Waals surface area contributed by atoms with E-state index in [4.69, 9.17) is 0 Å². The first-order valence-corrected chi connectivity index (χ1v) is 6.77. The van der Waals surface area contributed by atoms with Crippen LogP contribution in [-0.2, 0) is 0 Å². The molecule has 1 atom stereocenters. The molecule has 0 amide bonds. The van der Waals surface area contributed by atoms with E-state index in [1.165, 1.54) is 16.8 Å². The lowest BCUT2D eigenvalue weighted by Crippen LogP contribution is -2.53. The normalized spacial score (nSPS) is 21.0. The monoisotopic (exact) mass is 247 g/mol. The Balaban J connectivity index is 2.05. The molecular formula is C15H25N3. The highest BCUT2D eigenvalue weighted by molar-refractivity contribution is 5.58. The minimum Gasteiger partial charge on any atom is -0.373 e. The van der Waals surface area contributed by atoms with E-state index < -0.39 is 0 Å². The molecule has 18 heavy (non-hydrogen) atoms. The Hall–Kier alpha value is -1.06. The minimum absolute atomic E-state index is 0.563. The van der Waals surface area contributed by atoms with E-state index in [0.717, 1.165) is 26.2 Å². The Labute approximate surface area is 111 Å². The largest absolute Gasteiger partial charge is 0.373 e. The van der Waals surface area contributed by atoms with Gasteiger partial charge in [-0.15, -0.1) is 0 Å². The third kappa shape index (κ3) is 3.03. The van der Waals surface area contributed by atoms with Gasteiger partial charge in [-0.25, -0.2) is 0 Å². The van der Waals surface area contributed by atoms with Crippen LogP contribution < -0.4 is 10.2 Å². The SMILES string of the molecule is Cc1cccc(C)c1N(C)CC1CN(C)CCN1. The van der Waals surface area contributed by atoms with Gasteiger partial charge in [-0.1, -0.05) is 18.2 Å². The molecule has 100 valence electrons. The third-order valence-electron chi connectivity index (χ3n) is 3.77. The molecule has 0 aromatic heterocycles. The number of hydrogen-bond donors (Lipinski definition) is 1. The summed E-state index contributed by atoms with van der Waals surface area (Å²) in [5, 5.41) is 3.61. The number of hydrogen-bond acceptors (Lipinski definition) is 3. The number of piperazine rings is 1. The predicted octanol–water partition coefficient (Wildman–Crippen LogP) is 1.64. The van der Waals surface area contributed by atoms with Crippen LogP contribution in [0.15, 0.2) is 18.2 Å². The fraction of sp³-hybridized carbons (Fsp3) is 0.600. The van der Waals surface area contributed by atoms with Crippen molar-refractivity contribution in [2.75, 3.05) is 45.2 Å². The molecule has 3 heteroatoms. The number of likely N-dealkylation sites (N-methyl/N-ethyl adjacent to an activating group) is 2. The molecule has 1 N–H and O–H groups in total. The molecule has 1 aliphatic heterocycles. The standard InChI is InChI=1S/C15H25N3/c1-12-6-5-7-13(2)15(12)18(4)11-14-10-17(3)9-8-16-14/h5-7,14,16H,8-11H2,1-4H3. The molecule has 0 aliphatic carbocycles. The zero-order chi connectivity index (χ0) is 13.1. The predicted molar refractivity (Wildman–Crippen MR) is 78.5 cm³/mol. The average molecular weight is 247 g/mol. The van der Waals surface area contributed by atoms with Crippen molar-refractivity contribution < 1.29 is 0 Å². The quantitative estimate of drug-likeness (QED) is 0.876. The van der Waals surface area contributed by atoms with Gasteiger partial charge in [0, 0.05) is 45.0 Å². The molecule has 1 aromatic carbocycles. The summed E-state index contributed by atoms with van der Waals surface area (Å²) in [5.74, 6) is 0. The molecule has 1 aliphatic rings. The highest BCUT2D eigenvalue weighted by atomic mass is 15.2. The molecule has 1 unspecified atom stereocenters. The Kier molecular flexibility index (Phi) is 4.25. The molecule has 1 saturated heterocycles.